The van der Waals surface area contributed by atoms with Crippen molar-refractivity contribution >= 4 is 45.8 Å². The molecule has 2 aromatic carbocycles. The highest BCUT2D eigenvalue weighted by Gasteiger charge is 2.10. The monoisotopic (exact) mass is 425 g/mol. The maximum absolute atomic E-state index is 9.97. The zero-order valence-corrected chi connectivity index (χ0v) is 14.7. The molecule has 2 aromatic rings. The first-order valence-corrected chi connectivity index (χ1v) is 8.04. The van der Waals surface area contributed by atoms with E-state index in [0.29, 0.717) is 32.1 Å². The van der Waals surface area contributed by atoms with E-state index in [1.54, 1.807) is 30.3 Å². The molecule has 0 amide bonds. The summed E-state index contributed by atoms with van der Waals surface area (Å²) < 4.78 is 6.07. The van der Waals surface area contributed by atoms with E-state index in [1.165, 1.54) is 0 Å². The Bertz CT molecular complexity index is 766. The molecule has 0 saturated heterocycles. The molecule has 0 aliphatic heterocycles. The summed E-state index contributed by atoms with van der Waals surface area (Å²) in [7, 11) is 0. The zero-order chi connectivity index (χ0) is 16.1. The number of aromatic hydroxyl groups is 1. The normalized spacial score (nSPS) is 11.1. The predicted molar refractivity (Wildman–Crippen MR) is 96.9 cm³/mol. The van der Waals surface area contributed by atoms with E-state index >= 15 is 0 Å². The summed E-state index contributed by atoms with van der Waals surface area (Å²) in [4.78, 5) is 0. The molecule has 0 aromatic heterocycles. The van der Waals surface area contributed by atoms with Crippen LogP contribution >= 0.6 is 34.2 Å². The van der Waals surface area contributed by atoms with Gasteiger partial charge in [0.25, 0.3) is 0 Å². The van der Waals surface area contributed by atoms with Gasteiger partial charge in [0.1, 0.15) is 0 Å². The minimum absolute atomic E-state index is 0.107. The number of hydrogen-bond donors (Lipinski definition) is 1. The molecule has 0 aliphatic rings. The van der Waals surface area contributed by atoms with E-state index in [-0.39, 0.29) is 5.75 Å². The molecule has 22 heavy (non-hydrogen) atoms. The molecule has 112 valence electrons. The van der Waals surface area contributed by atoms with Crippen molar-refractivity contribution in [3.05, 3.63) is 56.1 Å². The average molecular weight is 426 g/mol. The van der Waals surface area contributed by atoms with Crippen molar-refractivity contribution < 1.29 is 9.84 Å². The minimum atomic E-state index is 0.107. The lowest BCUT2D eigenvalue weighted by Crippen LogP contribution is -1.94. The molecule has 0 bridgehead atoms. The van der Waals surface area contributed by atoms with Crippen LogP contribution in [0.2, 0.25) is 5.02 Å². The van der Waals surface area contributed by atoms with E-state index in [0.717, 1.165) is 5.56 Å². The fourth-order valence-corrected chi connectivity index (χ4v) is 2.82. The van der Waals surface area contributed by atoms with E-state index in [1.807, 2.05) is 41.6 Å². The van der Waals surface area contributed by atoms with Crippen molar-refractivity contribution in [3.8, 4) is 17.6 Å². The molecule has 5 heteroatoms. The van der Waals surface area contributed by atoms with Gasteiger partial charge in [-0.25, -0.2) is 0 Å². The SMILES string of the molecule is CCOc1cc(C=C(C#N)c2ccccc2Cl)cc(I)c1O. The van der Waals surface area contributed by atoms with Gasteiger partial charge in [-0.05, 0) is 59.4 Å². The highest BCUT2D eigenvalue weighted by molar-refractivity contribution is 14.1. The number of benzene rings is 2. The number of hydrogen-bond acceptors (Lipinski definition) is 3. The second-order valence-corrected chi connectivity index (χ2v) is 6.00. The van der Waals surface area contributed by atoms with Crippen molar-refractivity contribution in [2.24, 2.45) is 0 Å². The van der Waals surface area contributed by atoms with E-state index < -0.39 is 0 Å². The first-order valence-electron chi connectivity index (χ1n) is 6.58. The van der Waals surface area contributed by atoms with Gasteiger partial charge < -0.3 is 9.84 Å². The fourth-order valence-electron chi connectivity index (χ4n) is 1.96. The van der Waals surface area contributed by atoms with Gasteiger partial charge in [-0.2, -0.15) is 5.26 Å². The van der Waals surface area contributed by atoms with E-state index in [2.05, 4.69) is 6.07 Å². The van der Waals surface area contributed by atoms with Crippen LogP contribution in [0.3, 0.4) is 0 Å². The summed E-state index contributed by atoms with van der Waals surface area (Å²) in [5, 5.41) is 19.9. The molecule has 0 aliphatic carbocycles. The van der Waals surface area contributed by atoms with Crippen LogP contribution in [0.15, 0.2) is 36.4 Å². The lowest BCUT2D eigenvalue weighted by molar-refractivity contribution is 0.317. The van der Waals surface area contributed by atoms with Crippen LogP contribution in [0.5, 0.6) is 11.5 Å². The first kappa shape index (κ1) is 16.7. The number of rotatable bonds is 4. The fraction of sp³-hybridized carbons (Fsp3) is 0.118. The van der Waals surface area contributed by atoms with Crippen LogP contribution in [0.1, 0.15) is 18.1 Å². The molecule has 0 spiro atoms. The van der Waals surface area contributed by atoms with Crippen LogP contribution in [-0.4, -0.2) is 11.7 Å². The number of nitrogens with zero attached hydrogens (tertiary/aromatic N) is 1. The largest absolute Gasteiger partial charge is 0.504 e. The lowest BCUT2D eigenvalue weighted by Gasteiger charge is -2.09. The molecule has 0 radical (unpaired) electrons. The Morgan fingerprint density at radius 1 is 1.41 bits per heavy atom. The van der Waals surface area contributed by atoms with Crippen molar-refractivity contribution in [2.45, 2.75) is 6.92 Å². The summed E-state index contributed by atoms with van der Waals surface area (Å²) >= 11 is 8.17. The van der Waals surface area contributed by atoms with Crippen LogP contribution in [0.25, 0.3) is 11.6 Å². The summed E-state index contributed by atoms with van der Waals surface area (Å²) in [6.07, 6.45) is 1.73. The van der Waals surface area contributed by atoms with Gasteiger partial charge in [-0.3, -0.25) is 0 Å². The maximum atomic E-state index is 9.97. The molecule has 0 atom stereocenters. The Morgan fingerprint density at radius 3 is 2.77 bits per heavy atom. The lowest BCUT2D eigenvalue weighted by atomic mass is 10.0. The molecular formula is C17H13ClINO2. The summed E-state index contributed by atoms with van der Waals surface area (Å²) in [5.41, 5.74) is 1.89. The van der Waals surface area contributed by atoms with Gasteiger partial charge in [0.05, 0.1) is 21.8 Å². The van der Waals surface area contributed by atoms with Crippen molar-refractivity contribution in [2.75, 3.05) is 6.61 Å². The average Bonchev–Trinajstić information content (AvgIpc) is 2.51. The molecule has 0 fully saturated rings. The molecule has 1 N–H and O–H groups in total. The highest BCUT2D eigenvalue weighted by atomic mass is 127. The molecule has 0 heterocycles. The molecule has 2 rings (SSSR count). The first-order chi connectivity index (χ1) is 10.6. The zero-order valence-electron chi connectivity index (χ0n) is 11.8. The molecule has 0 unspecified atom stereocenters. The van der Waals surface area contributed by atoms with Gasteiger partial charge in [0.2, 0.25) is 0 Å². The number of allylic oxidation sites excluding steroid dienone is 1. The van der Waals surface area contributed by atoms with Gasteiger partial charge in [0.15, 0.2) is 11.5 Å². The van der Waals surface area contributed by atoms with Gasteiger partial charge >= 0.3 is 0 Å². The van der Waals surface area contributed by atoms with E-state index in [4.69, 9.17) is 16.3 Å². The number of ether oxygens (including phenoxy) is 1. The van der Waals surface area contributed by atoms with Crippen molar-refractivity contribution in [1.29, 1.82) is 5.26 Å². The van der Waals surface area contributed by atoms with Gasteiger partial charge in [-0.1, -0.05) is 29.8 Å². The number of halogens is 2. The highest BCUT2D eigenvalue weighted by Crippen LogP contribution is 2.34. The van der Waals surface area contributed by atoms with Crippen molar-refractivity contribution in [3.63, 3.8) is 0 Å². The third-order valence-electron chi connectivity index (χ3n) is 2.95. The Morgan fingerprint density at radius 2 is 2.14 bits per heavy atom. The van der Waals surface area contributed by atoms with Crippen LogP contribution in [-0.2, 0) is 0 Å². The van der Waals surface area contributed by atoms with E-state index in [9.17, 15) is 10.4 Å². The Kier molecular flexibility index (Phi) is 5.69. The Labute approximate surface area is 147 Å². The number of phenolic OH excluding ortho intramolecular Hbond substituents is 1. The van der Waals surface area contributed by atoms with Gasteiger partial charge in [-0.15, -0.1) is 0 Å². The molecular weight excluding hydrogens is 413 g/mol. The summed E-state index contributed by atoms with van der Waals surface area (Å²) in [5.74, 6) is 0.507. The summed E-state index contributed by atoms with van der Waals surface area (Å²) in [6.45, 7) is 2.30. The van der Waals surface area contributed by atoms with Crippen molar-refractivity contribution in [1.82, 2.24) is 0 Å². The summed E-state index contributed by atoms with van der Waals surface area (Å²) in [6, 6.07) is 12.8. The minimum Gasteiger partial charge on any atom is -0.504 e. The van der Waals surface area contributed by atoms with Crippen LogP contribution in [0.4, 0.5) is 0 Å². The molecule has 0 saturated carbocycles. The van der Waals surface area contributed by atoms with Crippen LogP contribution in [0, 0.1) is 14.9 Å². The second-order valence-electron chi connectivity index (χ2n) is 4.43. The topological polar surface area (TPSA) is 53.2 Å². The quantitative estimate of drug-likeness (QED) is 0.420. The maximum Gasteiger partial charge on any atom is 0.171 e. The van der Waals surface area contributed by atoms with Gasteiger partial charge in [0, 0.05) is 10.6 Å². The Hall–Kier alpha value is -1.71. The predicted octanol–water partition coefficient (Wildman–Crippen LogP) is 5.11. The third kappa shape index (κ3) is 3.73. The second kappa shape index (κ2) is 7.52. The standard InChI is InChI=1S/C17H13ClINO2/c1-2-22-16-9-11(8-15(19)17(16)21)7-12(10-20)13-5-3-4-6-14(13)18/h3-9,21H,2H2,1H3. The van der Waals surface area contributed by atoms with Crippen LogP contribution < -0.4 is 4.74 Å². The Balaban J connectivity index is 2.51. The molecule has 3 nitrogen and oxygen atoms in total. The smallest absolute Gasteiger partial charge is 0.171 e. The number of phenols is 1. The number of nitriles is 1. The third-order valence-corrected chi connectivity index (χ3v) is 4.10.